The highest BCUT2D eigenvalue weighted by molar-refractivity contribution is 14.1. The number of carboxylic acid groups (broad SMARTS) is 1. The third kappa shape index (κ3) is 5.98. The number of carbonyl (C=O) groups is 2. The van der Waals surface area contributed by atoms with Gasteiger partial charge in [0.15, 0.2) is 0 Å². The number of phenolic OH excluding ortho intramolecular Hbond substituents is 1. The first-order valence-corrected chi connectivity index (χ1v) is 18.0. The number of halogens is 2. The topological polar surface area (TPSA) is 127 Å². The monoisotopic (exact) mass is 807 g/mol. The van der Waals surface area contributed by atoms with Crippen LogP contribution >= 0.6 is 45.2 Å². The van der Waals surface area contributed by atoms with Crippen molar-refractivity contribution >= 4 is 57.1 Å². The van der Waals surface area contributed by atoms with Crippen molar-refractivity contribution in [2.75, 3.05) is 0 Å². The summed E-state index contributed by atoms with van der Waals surface area (Å²) in [4.78, 5) is 25.0. The minimum atomic E-state index is -1.07. The van der Waals surface area contributed by atoms with E-state index in [-0.39, 0.29) is 53.5 Å². The number of amides is 1. The third-order valence-corrected chi connectivity index (χ3v) is 14.4. The van der Waals surface area contributed by atoms with Crippen LogP contribution in [0.3, 0.4) is 0 Å². The van der Waals surface area contributed by atoms with Gasteiger partial charge in [-0.15, -0.1) is 0 Å². The molecule has 11 atom stereocenters. The Bertz CT molecular complexity index is 1200. The minimum Gasteiger partial charge on any atom is -0.507 e. The largest absolute Gasteiger partial charge is 0.507 e. The van der Waals surface area contributed by atoms with Crippen LogP contribution in [0.25, 0.3) is 0 Å². The fourth-order valence-corrected chi connectivity index (χ4v) is 11.3. The molecule has 1 aromatic carbocycles. The van der Waals surface area contributed by atoms with Crippen LogP contribution in [-0.4, -0.2) is 50.6 Å². The second-order valence-corrected chi connectivity index (χ2v) is 16.8. The Kier molecular flexibility index (Phi) is 9.83. The van der Waals surface area contributed by atoms with Crippen molar-refractivity contribution in [1.82, 2.24) is 5.32 Å². The number of nitrogens with one attached hydrogen (secondary N) is 1. The molecule has 7 nitrogen and oxygen atoms in total. The number of aliphatic hydroxyl groups is 2. The molecule has 4 aliphatic rings. The Morgan fingerprint density at radius 2 is 1.76 bits per heavy atom. The number of carbonyl (C=O) groups excluding carboxylic acids is 1. The van der Waals surface area contributed by atoms with Crippen molar-refractivity contribution in [2.45, 2.75) is 110 Å². The zero-order chi connectivity index (χ0) is 30.6. The quantitative estimate of drug-likeness (QED) is 0.202. The summed E-state index contributed by atoms with van der Waals surface area (Å²) < 4.78 is 1.41. The Morgan fingerprint density at radius 3 is 2.48 bits per heavy atom. The third-order valence-electron chi connectivity index (χ3n) is 12.5. The summed E-state index contributed by atoms with van der Waals surface area (Å²) in [6.07, 6.45) is 8.84. The molecule has 0 aromatic heterocycles. The number of hydrogen-bond donors (Lipinski definition) is 5. The van der Waals surface area contributed by atoms with Gasteiger partial charge in [-0.3, -0.25) is 4.79 Å². The average molecular weight is 808 g/mol. The van der Waals surface area contributed by atoms with E-state index in [9.17, 15) is 30.0 Å². The van der Waals surface area contributed by atoms with Gasteiger partial charge in [0.1, 0.15) is 11.8 Å². The second kappa shape index (κ2) is 12.6. The van der Waals surface area contributed by atoms with Crippen LogP contribution in [0.1, 0.15) is 90.5 Å². The molecule has 0 bridgehead atoms. The lowest BCUT2D eigenvalue weighted by Gasteiger charge is -2.62. The molecule has 0 heterocycles. The Labute approximate surface area is 277 Å². The number of aromatic hydroxyl groups is 1. The van der Waals surface area contributed by atoms with Crippen molar-refractivity contribution in [1.29, 1.82) is 0 Å². The molecule has 0 aliphatic heterocycles. The van der Waals surface area contributed by atoms with Gasteiger partial charge >= 0.3 is 5.97 Å². The number of aliphatic carboxylic acids is 1. The maximum atomic E-state index is 13.0. The van der Waals surface area contributed by atoms with Gasteiger partial charge in [0.25, 0.3) is 0 Å². The molecule has 4 aliphatic carbocycles. The summed E-state index contributed by atoms with van der Waals surface area (Å²) in [5.74, 6) is 1.60. The SMILES string of the molecule is C[C@H](CCC(=O)N[C@@H](Cc1cc(I)c(O)cc1I)C(=O)O)[C@H]1CC[C@H]2[C@@H]3CC[C@@H]4C[C@H](O)CC[C@]4(C)[C@H]3C[C@H](O)[C@]12C. The first kappa shape index (κ1) is 32.7. The van der Waals surface area contributed by atoms with E-state index in [1.165, 1.54) is 12.8 Å². The number of hydrogen-bond acceptors (Lipinski definition) is 5. The van der Waals surface area contributed by atoms with E-state index in [1.54, 1.807) is 12.1 Å². The Balaban J connectivity index is 1.21. The van der Waals surface area contributed by atoms with Crippen LogP contribution in [0.5, 0.6) is 5.75 Å². The van der Waals surface area contributed by atoms with E-state index in [2.05, 4.69) is 48.7 Å². The number of phenols is 1. The summed E-state index contributed by atoms with van der Waals surface area (Å²) in [5.41, 5.74) is 0.828. The smallest absolute Gasteiger partial charge is 0.326 e. The first-order chi connectivity index (χ1) is 19.7. The van der Waals surface area contributed by atoms with Crippen LogP contribution in [-0.2, 0) is 16.0 Å². The number of carboxylic acids is 1. The number of benzene rings is 1. The molecule has 5 rings (SSSR count). The molecular formula is C33H47I2NO6. The molecule has 5 N–H and O–H groups in total. The zero-order valence-electron chi connectivity index (χ0n) is 25.0. The van der Waals surface area contributed by atoms with E-state index in [0.717, 1.165) is 47.7 Å². The summed E-state index contributed by atoms with van der Waals surface area (Å²) in [5, 5.41) is 44.6. The molecule has 1 amide bonds. The summed E-state index contributed by atoms with van der Waals surface area (Å²) in [6, 6.07) is 2.34. The lowest BCUT2D eigenvalue weighted by atomic mass is 9.43. The molecule has 4 fully saturated rings. The van der Waals surface area contributed by atoms with Crippen LogP contribution in [0.2, 0.25) is 0 Å². The van der Waals surface area contributed by atoms with Crippen molar-refractivity contribution in [3.63, 3.8) is 0 Å². The van der Waals surface area contributed by atoms with E-state index in [0.29, 0.717) is 39.6 Å². The van der Waals surface area contributed by atoms with E-state index < -0.39 is 12.0 Å². The fraction of sp³-hybridized carbons (Fsp3) is 0.758. The van der Waals surface area contributed by atoms with Crippen LogP contribution < -0.4 is 5.32 Å². The van der Waals surface area contributed by atoms with E-state index in [1.807, 2.05) is 22.6 Å². The first-order valence-electron chi connectivity index (χ1n) is 15.8. The van der Waals surface area contributed by atoms with E-state index in [4.69, 9.17) is 0 Å². The molecule has 0 saturated heterocycles. The zero-order valence-corrected chi connectivity index (χ0v) is 29.3. The summed E-state index contributed by atoms with van der Waals surface area (Å²) >= 11 is 4.09. The molecule has 0 spiro atoms. The van der Waals surface area contributed by atoms with Gasteiger partial charge in [-0.1, -0.05) is 20.8 Å². The van der Waals surface area contributed by atoms with Gasteiger partial charge in [0.2, 0.25) is 5.91 Å². The lowest BCUT2D eigenvalue weighted by molar-refractivity contribution is -0.175. The van der Waals surface area contributed by atoms with Crippen LogP contribution in [0.15, 0.2) is 12.1 Å². The number of rotatable bonds is 8. The average Bonchev–Trinajstić information content (AvgIpc) is 3.29. The van der Waals surface area contributed by atoms with Crippen LogP contribution in [0, 0.1) is 53.5 Å². The predicted molar refractivity (Wildman–Crippen MR) is 178 cm³/mol. The van der Waals surface area contributed by atoms with Crippen LogP contribution in [0.4, 0.5) is 0 Å². The number of aliphatic hydroxyl groups excluding tert-OH is 2. The second-order valence-electron chi connectivity index (χ2n) is 14.5. The Morgan fingerprint density at radius 1 is 1.02 bits per heavy atom. The maximum Gasteiger partial charge on any atom is 0.326 e. The van der Waals surface area contributed by atoms with Gasteiger partial charge in [0.05, 0.1) is 15.8 Å². The van der Waals surface area contributed by atoms with Gasteiger partial charge < -0.3 is 25.7 Å². The molecule has 4 saturated carbocycles. The highest BCUT2D eigenvalue weighted by Crippen LogP contribution is 2.68. The van der Waals surface area contributed by atoms with Crippen molar-refractivity contribution < 1.29 is 30.0 Å². The van der Waals surface area contributed by atoms with Crippen molar-refractivity contribution in [3.8, 4) is 5.75 Å². The van der Waals surface area contributed by atoms with Crippen molar-refractivity contribution in [3.05, 3.63) is 24.8 Å². The Hall–Kier alpha value is -0.660. The van der Waals surface area contributed by atoms with Gasteiger partial charge in [-0.2, -0.15) is 0 Å². The summed E-state index contributed by atoms with van der Waals surface area (Å²) in [6.45, 7) is 6.96. The fourth-order valence-electron chi connectivity index (χ4n) is 10.1. The maximum absolute atomic E-state index is 13.0. The molecular weight excluding hydrogens is 760 g/mol. The molecule has 234 valence electrons. The van der Waals surface area contributed by atoms with Gasteiger partial charge in [-0.25, -0.2) is 4.79 Å². The van der Waals surface area contributed by atoms with E-state index >= 15 is 0 Å². The van der Waals surface area contributed by atoms with Crippen molar-refractivity contribution in [2.24, 2.45) is 46.3 Å². The lowest BCUT2D eigenvalue weighted by Crippen LogP contribution is -2.58. The summed E-state index contributed by atoms with van der Waals surface area (Å²) in [7, 11) is 0. The highest BCUT2D eigenvalue weighted by Gasteiger charge is 2.63. The molecule has 1 aromatic rings. The molecule has 42 heavy (non-hydrogen) atoms. The minimum absolute atomic E-state index is 0.154. The molecule has 0 unspecified atom stereocenters. The highest BCUT2D eigenvalue weighted by atomic mass is 127. The standard InChI is InChI=1S/C33H47I2NO6/c1-17(4-9-30(40)36-27(31(41)42)13-18-12-26(35)28(38)16-25(18)34)22-7-8-23-21-6-5-19-14-20(37)10-11-32(19,2)24(21)15-29(39)33(22,23)3/h12,16-17,19-24,27,29,37-39H,4-11,13-15H2,1-3H3,(H,36,40)(H,41,42)/t17-,19-,20-,21+,22-,23+,24+,27+,29+,32+,33-/m1/s1. The van der Waals surface area contributed by atoms with Gasteiger partial charge in [0, 0.05) is 16.4 Å². The van der Waals surface area contributed by atoms with Gasteiger partial charge in [-0.05, 0) is 167 Å². The molecule has 0 radical (unpaired) electrons. The molecule has 9 heteroatoms. The number of fused-ring (bicyclic) bond motifs is 5. The normalized spacial score (nSPS) is 39.0. The predicted octanol–water partition coefficient (Wildman–Crippen LogP) is 6.12.